The maximum atomic E-state index is 12.0. The summed E-state index contributed by atoms with van der Waals surface area (Å²) in [4.78, 5) is 34.1. The van der Waals surface area contributed by atoms with E-state index in [1.165, 1.54) is 18.2 Å². The van der Waals surface area contributed by atoms with Crippen LogP contribution in [0.1, 0.15) is 21.5 Å². The molecule has 0 aliphatic rings. The molecule has 0 atom stereocenters. The topological polar surface area (TPSA) is 77.5 Å². The van der Waals surface area contributed by atoms with Gasteiger partial charge in [0.15, 0.2) is 11.6 Å². The molecular weight excluding hydrogens is 499 g/mol. The van der Waals surface area contributed by atoms with Gasteiger partial charge >= 0.3 is 25.5 Å². The van der Waals surface area contributed by atoms with Crippen LogP contribution in [0, 0.1) is 12.1 Å². The zero-order valence-corrected chi connectivity index (χ0v) is 19.9. The third kappa shape index (κ3) is 10.4. The van der Waals surface area contributed by atoms with Crippen molar-refractivity contribution in [1.82, 2.24) is 0 Å². The van der Waals surface area contributed by atoms with Gasteiger partial charge in [0.25, 0.3) is 0 Å². The van der Waals surface area contributed by atoms with Crippen molar-refractivity contribution >= 4 is 29.1 Å². The summed E-state index contributed by atoms with van der Waals surface area (Å²) in [6.07, 6.45) is 3.32. The Bertz CT molecular complexity index is 1110. The van der Waals surface area contributed by atoms with E-state index in [9.17, 15) is 14.4 Å². The van der Waals surface area contributed by atoms with E-state index in [0.717, 1.165) is 11.1 Å². The number of benzene rings is 3. The molecule has 3 aromatic rings. The Hall–Kier alpha value is -3.45. The number of carbonyl (C=O) groups excluding carboxylic acids is 3. The number of hydrogen-bond donors (Lipinski definition) is 0. The number of ketones is 2. The quantitative estimate of drug-likeness (QED) is 0.174. The Morgan fingerprint density at radius 2 is 1.32 bits per heavy atom. The molecule has 0 radical (unpaired) electrons. The number of rotatable bonds is 8. The summed E-state index contributed by atoms with van der Waals surface area (Å²) >= 11 is 8.21. The number of halogens is 1. The van der Waals surface area contributed by atoms with Crippen LogP contribution in [-0.2, 0) is 42.0 Å². The summed E-state index contributed by atoms with van der Waals surface area (Å²) < 4.78 is 13.1. The third-order valence-electron chi connectivity index (χ3n) is 4.17. The van der Waals surface area contributed by atoms with Crippen LogP contribution in [0.4, 0.5) is 0 Å². The summed E-state index contributed by atoms with van der Waals surface area (Å²) in [6, 6.07) is 24.3. The first-order valence-corrected chi connectivity index (χ1v) is 10.6. The monoisotopic (exact) mass is 519 g/mol. The van der Waals surface area contributed by atoms with Crippen molar-refractivity contribution in [2.24, 2.45) is 0 Å². The number of esters is 1. The minimum atomic E-state index is -0.510. The molecule has 34 heavy (non-hydrogen) atoms. The average molecular weight is 520 g/mol. The van der Waals surface area contributed by atoms with Crippen LogP contribution in [0.25, 0.3) is 0 Å². The first-order chi connectivity index (χ1) is 16.4. The van der Waals surface area contributed by atoms with Crippen molar-refractivity contribution in [2.75, 3.05) is 0 Å². The molecule has 0 N–H and O–H groups in total. The van der Waals surface area contributed by atoms with Gasteiger partial charge < -0.3 is 4.74 Å². The molecule has 0 aliphatic heterocycles. The molecule has 177 valence electrons. The zero-order chi connectivity index (χ0) is 25.3. The van der Waals surface area contributed by atoms with Crippen LogP contribution < -0.4 is 4.74 Å². The van der Waals surface area contributed by atoms with Gasteiger partial charge in [-0.1, -0.05) is 25.3 Å². The van der Waals surface area contributed by atoms with E-state index in [2.05, 4.69) is 41.0 Å². The fourth-order valence-electron chi connectivity index (χ4n) is 2.48. The molecule has 0 aliphatic carbocycles. The minimum absolute atomic E-state index is 0.0520. The first kappa shape index (κ1) is 28.6. The van der Waals surface area contributed by atoms with Crippen molar-refractivity contribution in [3.8, 4) is 5.75 Å². The molecule has 0 aromatic heterocycles. The second kappa shape index (κ2) is 16.2. The van der Waals surface area contributed by atoms with Crippen LogP contribution in [0.5, 0.6) is 5.75 Å². The van der Waals surface area contributed by atoms with Crippen molar-refractivity contribution in [3.63, 3.8) is 0 Å². The Labute approximate surface area is 211 Å². The van der Waals surface area contributed by atoms with Crippen LogP contribution in [-0.4, -0.2) is 17.5 Å². The molecule has 0 saturated heterocycles. The molecule has 0 spiro atoms. The van der Waals surface area contributed by atoms with E-state index >= 15 is 0 Å². The molecule has 0 amide bonds. The van der Waals surface area contributed by atoms with Gasteiger partial charge in [0, 0.05) is 18.6 Å². The molecule has 0 heterocycles. The van der Waals surface area contributed by atoms with E-state index < -0.39 is 5.97 Å². The Morgan fingerprint density at radius 3 is 1.82 bits per heavy atom. The summed E-state index contributed by atoms with van der Waals surface area (Å²) in [5.74, 6) is -0.245. The van der Waals surface area contributed by atoms with Crippen LogP contribution in [0.2, 0.25) is 5.02 Å². The molecular formula is C27H21ClCoO5-2. The molecule has 0 bridgehead atoms. The maximum absolute atomic E-state index is 12.0. The van der Waals surface area contributed by atoms with Gasteiger partial charge in [-0.2, -0.15) is 65.7 Å². The Balaban J connectivity index is 0.000000374. The molecule has 3 aromatic carbocycles. The molecule has 0 unspecified atom stereocenters. The van der Waals surface area contributed by atoms with Crippen molar-refractivity contribution < 1.29 is 38.7 Å². The second-order valence-electron chi connectivity index (χ2n) is 6.55. The fourth-order valence-corrected chi connectivity index (χ4v) is 2.65. The SMILES string of the molecule is C=CC(=O)Cc1cc[c-]cc1.C=CC(=O)Cc1ccc(C(=O)Oc2cc[c-]cc2Cl)cc1.[O]=[Co]. The van der Waals surface area contributed by atoms with E-state index in [1.54, 1.807) is 48.5 Å². The Kier molecular flexibility index (Phi) is 13.6. The Morgan fingerprint density at radius 1 is 0.824 bits per heavy atom. The van der Waals surface area contributed by atoms with Crippen LogP contribution >= 0.6 is 11.6 Å². The van der Waals surface area contributed by atoms with E-state index in [4.69, 9.17) is 20.2 Å². The number of hydrogen-bond acceptors (Lipinski definition) is 5. The van der Waals surface area contributed by atoms with Gasteiger partial charge in [0.2, 0.25) is 0 Å². The van der Waals surface area contributed by atoms with E-state index in [0.29, 0.717) is 17.0 Å². The van der Waals surface area contributed by atoms with Crippen molar-refractivity contribution in [1.29, 1.82) is 0 Å². The number of allylic oxidation sites excluding steroid dienone is 2. The second-order valence-corrected chi connectivity index (χ2v) is 6.95. The fraction of sp³-hybridized carbons (Fsp3) is 0.0741. The summed E-state index contributed by atoms with van der Waals surface area (Å²) in [6.45, 7) is 6.82. The molecule has 3 rings (SSSR count). The van der Waals surface area contributed by atoms with Gasteiger partial charge in [0.05, 0.1) is 5.56 Å². The standard InChI is InChI=1S/C17H12ClO3.C10H9O.Co.O/c1-2-14(19)11-12-7-9-13(10-8-12)17(20)21-16-6-4-3-5-15(16)18;1-2-10(11)8-9-6-4-3-5-7-9;;/h2,4-10H,1,11H2;2,4-7H,1,8H2;;/q2*-1;;. The van der Waals surface area contributed by atoms with Crippen LogP contribution in [0.3, 0.4) is 0 Å². The summed E-state index contributed by atoms with van der Waals surface area (Å²) in [5, 5.41) is 0.319. The van der Waals surface area contributed by atoms with Gasteiger partial charge in [0.1, 0.15) is 0 Å². The molecule has 7 heteroatoms. The molecule has 5 nitrogen and oxygen atoms in total. The van der Waals surface area contributed by atoms with Gasteiger partial charge in [-0.3, -0.25) is 9.59 Å². The summed E-state index contributed by atoms with van der Waals surface area (Å²) in [7, 11) is 0. The summed E-state index contributed by atoms with van der Waals surface area (Å²) in [5.41, 5.74) is 2.20. The third-order valence-corrected chi connectivity index (χ3v) is 4.46. The zero-order valence-electron chi connectivity index (χ0n) is 18.1. The van der Waals surface area contributed by atoms with Gasteiger partial charge in [-0.05, 0) is 34.9 Å². The molecule has 0 saturated carbocycles. The predicted octanol–water partition coefficient (Wildman–Crippen LogP) is 5.32. The van der Waals surface area contributed by atoms with Crippen molar-refractivity contribution in [3.05, 3.63) is 126 Å². The number of carbonyl (C=O) groups is 3. The molecule has 0 fully saturated rings. The normalized spacial score (nSPS) is 9.24. The average Bonchev–Trinajstić information content (AvgIpc) is 2.88. The number of ether oxygens (including phenoxy) is 1. The first-order valence-electron chi connectivity index (χ1n) is 9.78. The predicted molar refractivity (Wildman–Crippen MR) is 125 cm³/mol. The van der Waals surface area contributed by atoms with E-state index in [-0.39, 0.29) is 23.7 Å². The van der Waals surface area contributed by atoms with Gasteiger partial charge in [-0.15, -0.1) is 6.07 Å². The van der Waals surface area contributed by atoms with Crippen LogP contribution in [0.15, 0.2) is 92.0 Å². The van der Waals surface area contributed by atoms with Gasteiger partial charge in [-0.25, -0.2) is 4.79 Å². The van der Waals surface area contributed by atoms with E-state index in [1.807, 2.05) is 12.1 Å². The van der Waals surface area contributed by atoms with Crippen molar-refractivity contribution in [2.45, 2.75) is 12.8 Å².